The van der Waals surface area contributed by atoms with Crippen LogP contribution in [0.5, 0.6) is 17.4 Å². The molecule has 0 aliphatic rings. The van der Waals surface area contributed by atoms with Crippen LogP contribution in [0.2, 0.25) is 0 Å². The fraction of sp³-hybridized carbons (Fsp3) is 0. The van der Waals surface area contributed by atoms with Gasteiger partial charge in [-0.05, 0) is 28.6 Å². The van der Waals surface area contributed by atoms with E-state index in [-0.39, 0.29) is 5.75 Å². The first-order valence-corrected chi connectivity index (χ1v) is 4.83. The van der Waals surface area contributed by atoms with Crippen molar-refractivity contribution in [2.24, 2.45) is 0 Å². The Morgan fingerprint density at radius 1 is 1.18 bits per heavy atom. The van der Waals surface area contributed by atoms with Crippen LogP contribution in [0.1, 0.15) is 0 Å². The number of nitrogens with zero attached hydrogens (tertiary/aromatic N) is 5. The van der Waals surface area contributed by atoms with Gasteiger partial charge in [0.05, 0.1) is 0 Å². The fourth-order valence-corrected chi connectivity index (χ4v) is 1.36. The van der Waals surface area contributed by atoms with Crippen LogP contribution >= 0.6 is 0 Å². The molecule has 0 aliphatic carbocycles. The molecule has 3 aromatic rings. The molecular formula is C10H7N5O2. The van der Waals surface area contributed by atoms with Gasteiger partial charge in [0.2, 0.25) is 5.88 Å². The average Bonchev–Trinajstić information content (AvgIpc) is 2.76. The maximum Gasteiger partial charge on any atom is 0.239 e. The number of fused-ring (bicyclic) bond motifs is 1. The van der Waals surface area contributed by atoms with Crippen molar-refractivity contribution < 1.29 is 9.84 Å². The van der Waals surface area contributed by atoms with Gasteiger partial charge < -0.3 is 9.84 Å². The van der Waals surface area contributed by atoms with E-state index in [1.54, 1.807) is 30.3 Å². The minimum atomic E-state index is 0.131. The van der Waals surface area contributed by atoms with Crippen LogP contribution in [0.3, 0.4) is 0 Å². The molecule has 17 heavy (non-hydrogen) atoms. The summed E-state index contributed by atoms with van der Waals surface area (Å²) in [7, 11) is 0. The Bertz CT molecular complexity index is 666. The van der Waals surface area contributed by atoms with Crippen LogP contribution in [0.15, 0.2) is 36.4 Å². The van der Waals surface area contributed by atoms with Crippen molar-refractivity contribution in [3.8, 4) is 17.4 Å². The fourth-order valence-electron chi connectivity index (χ4n) is 1.36. The number of hydrogen-bond acceptors (Lipinski definition) is 6. The molecule has 0 unspecified atom stereocenters. The summed E-state index contributed by atoms with van der Waals surface area (Å²) in [6, 6.07) is 9.78. The van der Waals surface area contributed by atoms with E-state index in [1.165, 1.54) is 10.7 Å². The SMILES string of the molecule is Oc1cccc(Oc2ccc3nnnn3n2)c1. The summed E-state index contributed by atoms with van der Waals surface area (Å²) < 4.78 is 6.71. The number of aromatic nitrogens is 5. The third kappa shape index (κ3) is 1.85. The van der Waals surface area contributed by atoms with Gasteiger partial charge in [0, 0.05) is 12.1 Å². The van der Waals surface area contributed by atoms with E-state index in [0.29, 0.717) is 17.3 Å². The van der Waals surface area contributed by atoms with Crippen LogP contribution < -0.4 is 4.74 Å². The number of phenols is 1. The molecule has 0 aliphatic heterocycles. The highest BCUT2D eigenvalue weighted by Crippen LogP contribution is 2.22. The highest BCUT2D eigenvalue weighted by atomic mass is 16.5. The van der Waals surface area contributed by atoms with Crippen LogP contribution in [0, 0.1) is 0 Å². The number of tetrazole rings is 1. The van der Waals surface area contributed by atoms with Gasteiger partial charge in [-0.2, -0.15) is 0 Å². The quantitative estimate of drug-likeness (QED) is 0.706. The number of aromatic hydroxyl groups is 1. The molecule has 0 amide bonds. The van der Waals surface area contributed by atoms with Crippen molar-refractivity contribution in [3.63, 3.8) is 0 Å². The Balaban J connectivity index is 1.94. The molecule has 2 heterocycles. The molecule has 1 aromatic carbocycles. The third-order valence-electron chi connectivity index (χ3n) is 2.09. The lowest BCUT2D eigenvalue weighted by molar-refractivity contribution is 0.435. The molecule has 2 aromatic heterocycles. The molecule has 1 N–H and O–H groups in total. The molecule has 0 atom stereocenters. The van der Waals surface area contributed by atoms with Crippen molar-refractivity contribution in [2.75, 3.05) is 0 Å². The van der Waals surface area contributed by atoms with E-state index < -0.39 is 0 Å². The summed E-state index contributed by atoms with van der Waals surface area (Å²) in [5, 5.41) is 24.2. The monoisotopic (exact) mass is 229 g/mol. The smallest absolute Gasteiger partial charge is 0.239 e. The highest BCUT2D eigenvalue weighted by molar-refractivity contribution is 5.37. The standard InChI is InChI=1S/C10H7N5O2/c16-7-2-1-3-8(6-7)17-10-5-4-9-11-13-14-15(9)12-10/h1-6,16H. The molecule has 0 radical (unpaired) electrons. The summed E-state index contributed by atoms with van der Waals surface area (Å²) in [4.78, 5) is 0. The molecular weight excluding hydrogens is 222 g/mol. The Kier molecular flexibility index (Phi) is 2.08. The summed E-state index contributed by atoms with van der Waals surface area (Å²) in [5.41, 5.74) is 0.535. The molecule has 0 fully saturated rings. The molecule has 7 nitrogen and oxygen atoms in total. The lowest BCUT2D eigenvalue weighted by Crippen LogP contribution is -1.96. The lowest BCUT2D eigenvalue weighted by atomic mass is 10.3. The van der Waals surface area contributed by atoms with Crippen molar-refractivity contribution >= 4 is 5.65 Å². The second kappa shape index (κ2) is 3.71. The maximum absolute atomic E-state index is 9.29. The zero-order valence-corrected chi connectivity index (χ0v) is 8.56. The Morgan fingerprint density at radius 2 is 2.12 bits per heavy atom. The Labute approximate surface area is 95.3 Å². The predicted octanol–water partition coefficient (Wildman–Crippen LogP) is 1.02. The van der Waals surface area contributed by atoms with E-state index in [1.807, 2.05) is 0 Å². The van der Waals surface area contributed by atoms with Gasteiger partial charge in [-0.3, -0.25) is 0 Å². The molecule has 7 heteroatoms. The maximum atomic E-state index is 9.29. The van der Waals surface area contributed by atoms with Crippen LogP contribution in [-0.2, 0) is 0 Å². The Morgan fingerprint density at radius 3 is 3.00 bits per heavy atom. The van der Waals surface area contributed by atoms with Crippen molar-refractivity contribution in [3.05, 3.63) is 36.4 Å². The zero-order chi connectivity index (χ0) is 11.7. The third-order valence-corrected chi connectivity index (χ3v) is 2.09. The van der Waals surface area contributed by atoms with Gasteiger partial charge in [-0.25, -0.2) is 0 Å². The minimum Gasteiger partial charge on any atom is -0.508 e. The number of rotatable bonds is 2. The average molecular weight is 229 g/mol. The first kappa shape index (κ1) is 9.52. The lowest BCUT2D eigenvalue weighted by Gasteiger charge is -2.03. The summed E-state index contributed by atoms with van der Waals surface area (Å²) >= 11 is 0. The number of phenolic OH excluding ortho intramolecular Hbond substituents is 1. The van der Waals surface area contributed by atoms with Crippen LogP contribution in [-0.4, -0.2) is 30.4 Å². The normalized spacial score (nSPS) is 10.6. The largest absolute Gasteiger partial charge is 0.508 e. The molecule has 0 saturated heterocycles. The van der Waals surface area contributed by atoms with Gasteiger partial charge in [0.15, 0.2) is 5.65 Å². The number of hydrogen-bond donors (Lipinski definition) is 1. The molecule has 3 rings (SSSR count). The van der Waals surface area contributed by atoms with E-state index >= 15 is 0 Å². The molecule has 0 bridgehead atoms. The van der Waals surface area contributed by atoms with E-state index in [9.17, 15) is 5.11 Å². The summed E-state index contributed by atoms with van der Waals surface area (Å²) in [6.07, 6.45) is 0. The van der Waals surface area contributed by atoms with Gasteiger partial charge in [0.25, 0.3) is 0 Å². The van der Waals surface area contributed by atoms with E-state index in [0.717, 1.165) is 0 Å². The first-order chi connectivity index (χ1) is 8.31. The predicted molar refractivity (Wildman–Crippen MR) is 56.8 cm³/mol. The van der Waals surface area contributed by atoms with Crippen molar-refractivity contribution in [2.45, 2.75) is 0 Å². The molecule has 0 spiro atoms. The summed E-state index contributed by atoms with van der Waals surface area (Å²) in [6.45, 7) is 0. The second-order valence-corrected chi connectivity index (χ2v) is 3.30. The van der Waals surface area contributed by atoms with Crippen molar-refractivity contribution in [1.29, 1.82) is 0 Å². The molecule has 84 valence electrons. The van der Waals surface area contributed by atoms with Crippen LogP contribution in [0.25, 0.3) is 5.65 Å². The van der Waals surface area contributed by atoms with Crippen LogP contribution in [0.4, 0.5) is 0 Å². The van der Waals surface area contributed by atoms with E-state index in [4.69, 9.17) is 4.74 Å². The molecule has 0 saturated carbocycles. The topological polar surface area (TPSA) is 85.4 Å². The van der Waals surface area contributed by atoms with Gasteiger partial charge >= 0.3 is 0 Å². The first-order valence-electron chi connectivity index (χ1n) is 4.83. The van der Waals surface area contributed by atoms with E-state index in [2.05, 4.69) is 20.6 Å². The Hall–Kier alpha value is -2.70. The van der Waals surface area contributed by atoms with Crippen molar-refractivity contribution in [1.82, 2.24) is 25.3 Å². The number of ether oxygens (including phenoxy) is 1. The number of benzene rings is 1. The van der Waals surface area contributed by atoms with Gasteiger partial charge in [0.1, 0.15) is 11.5 Å². The second-order valence-electron chi connectivity index (χ2n) is 3.30. The van der Waals surface area contributed by atoms with Gasteiger partial charge in [-0.15, -0.1) is 14.8 Å². The summed E-state index contributed by atoms with van der Waals surface area (Å²) in [5.74, 6) is 0.964. The minimum absolute atomic E-state index is 0.131. The van der Waals surface area contributed by atoms with Gasteiger partial charge in [-0.1, -0.05) is 6.07 Å². The highest BCUT2D eigenvalue weighted by Gasteiger charge is 2.03. The zero-order valence-electron chi connectivity index (χ0n) is 8.56.